The van der Waals surface area contributed by atoms with E-state index in [-0.39, 0.29) is 13.2 Å². The summed E-state index contributed by atoms with van der Waals surface area (Å²) in [5.41, 5.74) is 0. The smallest absolute Gasteiger partial charge is 0.405 e. The molecule has 4 nitrogen and oxygen atoms in total. The van der Waals surface area contributed by atoms with Crippen LogP contribution in [-0.2, 0) is 0 Å². The average Bonchev–Trinajstić information content (AvgIpc) is 1.80. The van der Waals surface area contributed by atoms with Gasteiger partial charge in [-0.15, -0.1) is 0 Å². The first-order valence-corrected chi connectivity index (χ1v) is 2.30. The highest BCUT2D eigenvalue weighted by Gasteiger charge is 1.85. The highest BCUT2D eigenvalue weighted by molar-refractivity contribution is 5.64. The van der Waals surface area contributed by atoms with Crippen LogP contribution in [0.15, 0.2) is 0 Å². The fourth-order valence-corrected chi connectivity index (χ4v) is 0.238. The van der Waals surface area contributed by atoms with E-state index in [2.05, 4.69) is 11.8 Å². The van der Waals surface area contributed by atoms with Crippen molar-refractivity contribution in [2.24, 2.45) is 0 Å². The average molecular weight is 129 g/mol. The third-order valence-electron chi connectivity index (χ3n) is 0.532. The normalized spacial score (nSPS) is 7.22. The Balaban J connectivity index is 3.19. The van der Waals surface area contributed by atoms with Crippen LogP contribution in [-0.4, -0.2) is 29.5 Å². The maximum absolute atomic E-state index is 9.72. The number of carboxylic acid groups (broad SMARTS) is 1. The van der Waals surface area contributed by atoms with E-state index in [0.717, 1.165) is 0 Å². The SMILES string of the molecule is O=C(O)NCC#CCO. The van der Waals surface area contributed by atoms with Gasteiger partial charge in [0, 0.05) is 0 Å². The van der Waals surface area contributed by atoms with Gasteiger partial charge in [0.05, 0.1) is 6.54 Å². The fraction of sp³-hybridized carbons (Fsp3) is 0.400. The third kappa shape index (κ3) is 6.79. The molecule has 0 aromatic rings. The van der Waals surface area contributed by atoms with Gasteiger partial charge in [0.25, 0.3) is 0 Å². The van der Waals surface area contributed by atoms with Gasteiger partial charge in [-0.25, -0.2) is 4.79 Å². The van der Waals surface area contributed by atoms with Gasteiger partial charge in [0.1, 0.15) is 6.61 Å². The first-order chi connectivity index (χ1) is 4.27. The van der Waals surface area contributed by atoms with Crippen LogP contribution in [0, 0.1) is 11.8 Å². The summed E-state index contributed by atoms with van der Waals surface area (Å²) in [6, 6.07) is 0. The van der Waals surface area contributed by atoms with E-state index in [1.165, 1.54) is 0 Å². The van der Waals surface area contributed by atoms with Gasteiger partial charge in [-0.2, -0.15) is 0 Å². The van der Waals surface area contributed by atoms with Crippen molar-refractivity contribution in [2.45, 2.75) is 0 Å². The summed E-state index contributed by atoms with van der Waals surface area (Å²) in [6.07, 6.45) is -1.11. The molecule has 50 valence electrons. The van der Waals surface area contributed by atoms with Crippen LogP contribution >= 0.6 is 0 Å². The fourth-order valence-electron chi connectivity index (χ4n) is 0.238. The highest BCUT2D eigenvalue weighted by atomic mass is 16.4. The number of carbonyl (C=O) groups is 1. The molecule has 0 saturated heterocycles. The molecule has 9 heavy (non-hydrogen) atoms. The lowest BCUT2D eigenvalue weighted by Crippen LogP contribution is -2.20. The summed E-state index contributed by atoms with van der Waals surface area (Å²) in [6.45, 7) is -0.169. The largest absolute Gasteiger partial charge is 0.465 e. The lowest BCUT2D eigenvalue weighted by molar-refractivity contribution is 0.196. The number of aliphatic hydroxyl groups excluding tert-OH is 1. The molecule has 0 aliphatic heterocycles. The van der Waals surface area contributed by atoms with Crippen molar-refractivity contribution >= 4 is 6.09 Å². The highest BCUT2D eigenvalue weighted by Crippen LogP contribution is 1.58. The Kier molecular flexibility index (Phi) is 4.27. The Labute approximate surface area is 52.5 Å². The molecule has 0 aliphatic carbocycles. The summed E-state index contributed by atoms with van der Waals surface area (Å²) in [5, 5.41) is 18.1. The second kappa shape index (κ2) is 4.94. The number of rotatable bonds is 1. The molecule has 0 aromatic heterocycles. The van der Waals surface area contributed by atoms with Crippen molar-refractivity contribution in [3.8, 4) is 11.8 Å². The molecule has 0 atom stereocenters. The topological polar surface area (TPSA) is 69.6 Å². The maximum atomic E-state index is 9.72. The second-order valence-corrected chi connectivity index (χ2v) is 1.17. The first-order valence-electron chi connectivity index (χ1n) is 2.30. The molecule has 0 bridgehead atoms. The van der Waals surface area contributed by atoms with Crippen molar-refractivity contribution < 1.29 is 15.0 Å². The summed E-state index contributed by atoms with van der Waals surface area (Å²) < 4.78 is 0. The minimum Gasteiger partial charge on any atom is -0.465 e. The van der Waals surface area contributed by atoms with E-state index < -0.39 is 6.09 Å². The molecule has 1 amide bonds. The number of amides is 1. The van der Waals surface area contributed by atoms with Crippen LogP contribution in [0.5, 0.6) is 0 Å². The van der Waals surface area contributed by atoms with Crippen molar-refractivity contribution in [1.29, 1.82) is 0 Å². The molecular formula is C5H7NO3. The molecule has 0 radical (unpaired) electrons. The molecule has 0 aromatic carbocycles. The number of hydrogen-bond donors (Lipinski definition) is 3. The summed E-state index contributed by atoms with van der Waals surface area (Å²) >= 11 is 0. The number of nitrogens with one attached hydrogen (secondary N) is 1. The van der Waals surface area contributed by atoms with Crippen molar-refractivity contribution in [2.75, 3.05) is 13.2 Å². The zero-order chi connectivity index (χ0) is 7.11. The second-order valence-electron chi connectivity index (χ2n) is 1.17. The Hall–Kier alpha value is -1.21. The van der Waals surface area contributed by atoms with Gasteiger partial charge in [0.15, 0.2) is 0 Å². The zero-order valence-corrected chi connectivity index (χ0v) is 4.72. The monoisotopic (exact) mass is 129 g/mol. The summed E-state index contributed by atoms with van der Waals surface area (Å²) in [5.74, 6) is 4.66. The van der Waals surface area contributed by atoms with Gasteiger partial charge in [-0.05, 0) is 0 Å². The predicted molar refractivity (Wildman–Crippen MR) is 30.9 cm³/mol. The Morgan fingerprint density at radius 2 is 2.22 bits per heavy atom. The number of aliphatic hydroxyl groups is 1. The third-order valence-corrected chi connectivity index (χ3v) is 0.532. The Bertz CT molecular complexity index is 144. The minimum atomic E-state index is -1.11. The van der Waals surface area contributed by atoms with Crippen LogP contribution in [0.25, 0.3) is 0 Å². The van der Waals surface area contributed by atoms with E-state index in [9.17, 15) is 4.79 Å². The lowest BCUT2D eigenvalue weighted by atomic mass is 10.6. The Morgan fingerprint density at radius 1 is 1.56 bits per heavy atom. The van der Waals surface area contributed by atoms with Gasteiger partial charge in [0.2, 0.25) is 0 Å². The van der Waals surface area contributed by atoms with Crippen LogP contribution in [0.2, 0.25) is 0 Å². The predicted octanol–water partition coefficient (Wildman–Crippen LogP) is -0.750. The Morgan fingerprint density at radius 3 is 2.67 bits per heavy atom. The molecule has 0 unspecified atom stereocenters. The van der Waals surface area contributed by atoms with Crippen LogP contribution in [0.3, 0.4) is 0 Å². The van der Waals surface area contributed by atoms with Crippen molar-refractivity contribution in [3.05, 3.63) is 0 Å². The van der Waals surface area contributed by atoms with E-state index >= 15 is 0 Å². The molecule has 3 N–H and O–H groups in total. The number of hydrogen-bond acceptors (Lipinski definition) is 2. The maximum Gasteiger partial charge on any atom is 0.405 e. The molecule has 0 rings (SSSR count). The van der Waals surface area contributed by atoms with E-state index in [0.29, 0.717) is 0 Å². The van der Waals surface area contributed by atoms with Crippen LogP contribution in [0.4, 0.5) is 4.79 Å². The molecule has 0 spiro atoms. The molecule has 0 fully saturated rings. The van der Waals surface area contributed by atoms with E-state index in [1.807, 2.05) is 5.32 Å². The molecule has 0 aliphatic rings. The molecule has 0 heterocycles. The van der Waals surface area contributed by atoms with Gasteiger partial charge in [-0.3, -0.25) is 0 Å². The minimum absolute atomic E-state index is 0.0654. The zero-order valence-electron chi connectivity index (χ0n) is 4.72. The molecule has 4 heteroatoms. The van der Waals surface area contributed by atoms with E-state index in [4.69, 9.17) is 10.2 Å². The van der Waals surface area contributed by atoms with Gasteiger partial charge in [-0.1, -0.05) is 11.8 Å². The lowest BCUT2D eigenvalue weighted by Gasteiger charge is -1.88. The van der Waals surface area contributed by atoms with Crippen molar-refractivity contribution in [1.82, 2.24) is 5.32 Å². The molecule has 0 saturated carbocycles. The first kappa shape index (κ1) is 7.79. The standard InChI is InChI=1S/C5H7NO3/c7-4-2-1-3-6-5(8)9/h6-7H,3-4H2,(H,8,9). The quantitative estimate of drug-likeness (QED) is 0.408. The van der Waals surface area contributed by atoms with Crippen LogP contribution in [0.1, 0.15) is 0 Å². The van der Waals surface area contributed by atoms with Gasteiger partial charge < -0.3 is 15.5 Å². The summed E-state index contributed by atoms with van der Waals surface area (Å²) in [4.78, 5) is 9.72. The summed E-state index contributed by atoms with van der Waals surface area (Å²) in [7, 11) is 0. The van der Waals surface area contributed by atoms with Crippen LogP contribution < -0.4 is 5.32 Å². The van der Waals surface area contributed by atoms with Gasteiger partial charge >= 0.3 is 6.09 Å². The van der Waals surface area contributed by atoms with Crippen molar-refractivity contribution in [3.63, 3.8) is 0 Å². The molecular weight excluding hydrogens is 122 g/mol. The van der Waals surface area contributed by atoms with E-state index in [1.54, 1.807) is 0 Å².